The van der Waals surface area contributed by atoms with Crippen molar-refractivity contribution < 1.29 is 24.5 Å². The SMILES string of the molecule is CO[N+](=O)c1ccc2nc(NC(=O)[C@@H]3C4C=CC(C4)[C@@H]3C(=O)O)sc2c1. The Morgan fingerprint density at radius 2 is 2.04 bits per heavy atom. The minimum atomic E-state index is -0.939. The number of nitrogens with zero attached hydrogens (tertiary/aromatic N) is 2. The van der Waals surface area contributed by atoms with E-state index in [0.29, 0.717) is 27.7 Å². The third kappa shape index (κ3) is 2.64. The van der Waals surface area contributed by atoms with Crippen molar-refractivity contribution in [1.82, 2.24) is 4.98 Å². The average Bonchev–Trinajstić information content (AvgIpc) is 3.33. The van der Waals surface area contributed by atoms with E-state index in [1.165, 1.54) is 18.4 Å². The molecule has 1 aromatic heterocycles. The van der Waals surface area contributed by atoms with Crippen LogP contribution in [0.2, 0.25) is 0 Å². The van der Waals surface area contributed by atoms with Crippen molar-refractivity contribution in [2.45, 2.75) is 6.42 Å². The minimum absolute atomic E-state index is 0.0437. The molecule has 2 aromatic rings. The molecular weight excluding hydrogens is 358 g/mol. The van der Waals surface area contributed by atoms with Crippen molar-refractivity contribution in [2.75, 3.05) is 12.4 Å². The number of rotatable bonds is 5. The third-order valence-corrected chi connectivity index (χ3v) is 5.96. The third-order valence-electron chi connectivity index (χ3n) is 5.03. The predicted octanol–water partition coefficient (Wildman–Crippen LogP) is 2.73. The van der Waals surface area contributed by atoms with Crippen LogP contribution < -0.4 is 5.32 Å². The molecule has 1 aromatic carbocycles. The van der Waals surface area contributed by atoms with Crippen LogP contribution in [0.5, 0.6) is 0 Å². The van der Waals surface area contributed by atoms with Crippen molar-refractivity contribution >= 4 is 44.2 Å². The van der Waals surface area contributed by atoms with Gasteiger partial charge in [0.1, 0.15) is 0 Å². The number of hydrogen-bond donors (Lipinski definition) is 2. The first-order chi connectivity index (χ1) is 12.5. The lowest BCUT2D eigenvalue weighted by Gasteiger charge is -2.23. The van der Waals surface area contributed by atoms with Crippen LogP contribution in [0.1, 0.15) is 6.42 Å². The highest BCUT2D eigenvalue weighted by molar-refractivity contribution is 7.22. The largest absolute Gasteiger partial charge is 0.481 e. The van der Waals surface area contributed by atoms with Crippen LogP contribution >= 0.6 is 11.3 Å². The number of allylic oxidation sites excluding steroid dienone is 2. The Kier molecular flexibility index (Phi) is 3.95. The summed E-state index contributed by atoms with van der Waals surface area (Å²) in [5.74, 6) is -2.67. The lowest BCUT2D eigenvalue weighted by molar-refractivity contribution is -0.736. The summed E-state index contributed by atoms with van der Waals surface area (Å²) in [5.41, 5.74) is 0.965. The van der Waals surface area contributed by atoms with Crippen LogP contribution in [0.4, 0.5) is 10.8 Å². The Balaban J connectivity index is 1.57. The summed E-state index contributed by atoms with van der Waals surface area (Å²) in [6.45, 7) is 0. The molecule has 8 nitrogen and oxygen atoms in total. The van der Waals surface area contributed by atoms with Crippen molar-refractivity contribution in [3.05, 3.63) is 35.3 Å². The van der Waals surface area contributed by atoms with Crippen LogP contribution in [0.3, 0.4) is 0 Å². The van der Waals surface area contributed by atoms with Gasteiger partial charge in [-0.1, -0.05) is 23.5 Å². The molecule has 0 saturated heterocycles. The molecule has 1 heterocycles. The molecule has 9 heteroatoms. The molecule has 2 aliphatic carbocycles. The maximum Gasteiger partial charge on any atom is 0.318 e. The van der Waals surface area contributed by atoms with Gasteiger partial charge >= 0.3 is 11.7 Å². The predicted molar refractivity (Wildman–Crippen MR) is 93.9 cm³/mol. The second-order valence-corrected chi connectivity index (χ2v) is 7.47. The Morgan fingerprint density at radius 1 is 1.31 bits per heavy atom. The number of aliphatic carboxylic acids is 1. The Labute approximate surface area is 152 Å². The van der Waals surface area contributed by atoms with Gasteiger partial charge in [0.05, 0.1) is 27.0 Å². The first-order valence-corrected chi connectivity index (χ1v) is 8.93. The maximum absolute atomic E-state index is 12.7. The molecule has 0 radical (unpaired) electrons. The molecule has 1 saturated carbocycles. The zero-order valence-corrected chi connectivity index (χ0v) is 14.6. The Bertz CT molecular complexity index is 953. The normalized spacial score (nSPS) is 26.2. The van der Waals surface area contributed by atoms with Gasteiger partial charge in [-0.05, 0) is 24.3 Å². The zero-order valence-electron chi connectivity index (χ0n) is 13.8. The molecule has 26 heavy (non-hydrogen) atoms. The molecular formula is C17H16N3O5S+. The second-order valence-electron chi connectivity index (χ2n) is 6.44. The number of carboxylic acid groups (broad SMARTS) is 1. The number of carbonyl (C=O) groups is 2. The van der Waals surface area contributed by atoms with Gasteiger partial charge in [-0.25, -0.2) is 9.82 Å². The lowest BCUT2D eigenvalue weighted by atomic mass is 9.82. The second kappa shape index (κ2) is 6.17. The molecule has 2 aliphatic rings. The highest BCUT2D eigenvalue weighted by atomic mass is 32.1. The van der Waals surface area contributed by atoms with Gasteiger partial charge in [-0.3, -0.25) is 9.59 Å². The van der Waals surface area contributed by atoms with E-state index in [4.69, 9.17) is 0 Å². The molecule has 2 unspecified atom stereocenters. The molecule has 1 amide bonds. The molecule has 134 valence electrons. The van der Waals surface area contributed by atoms with E-state index < -0.39 is 17.8 Å². The number of thiazole rings is 1. The van der Waals surface area contributed by atoms with E-state index in [-0.39, 0.29) is 17.7 Å². The van der Waals surface area contributed by atoms with Gasteiger partial charge in [0, 0.05) is 12.1 Å². The molecule has 1 fully saturated rings. The van der Waals surface area contributed by atoms with Crippen molar-refractivity contribution in [3.63, 3.8) is 0 Å². The summed E-state index contributed by atoms with van der Waals surface area (Å²) < 4.78 is 0.721. The van der Waals surface area contributed by atoms with Gasteiger partial charge in [-0.15, -0.1) is 0 Å². The average molecular weight is 374 g/mol. The van der Waals surface area contributed by atoms with Crippen LogP contribution in [0.15, 0.2) is 30.4 Å². The number of carboxylic acids is 1. The molecule has 4 atom stereocenters. The number of carbonyl (C=O) groups excluding carboxylic acids is 1. The van der Waals surface area contributed by atoms with Crippen LogP contribution in [-0.2, 0) is 14.4 Å². The van der Waals surface area contributed by atoms with Crippen molar-refractivity contribution in [2.24, 2.45) is 23.7 Å². The van der Waals surface area contributed by atoms with E-state index in [1.807, 2.05) is 12.2 Å². The maximum atomic E-state index is 12.7. The van der Waals surface area contributed by atoms with E-state index >= 15 is 0 Å². The van der Waals surface area contributed by atoms with Gasteiger partial charge in [-0.2, -0.15) is 0 Å². The summed E-state index contributed by atoms with van der Waals surface area (Å²) in [6, 6.07) is 4.87. The van der Waals surface area contributed by atoms with E-state index in [1.54, 1.807) is 18.2 Å². The summed E-state index contributed by atoms with van der Waals surface area (Å²) >= 11 is 1.23. The Hall–Kier alpha value is -2.81. The topological polar surface area (TPSA) is 109 Å². The van der Waals surface area contributed by atoms with Crippen molar-refractivity contribution in [1.29, 1.82) is 0 Å². The first kappa shape index (κ1) is 16.6. The number of fused-ring (bicyclic) bond motifs is 3. The summed E-state index contributed by atoms with van der Waals surface area (Å²) in [6.07, 6.45) is 4.54. The van der Waals surface area contributed by atoms with E-state index in [9.17, 15) is 19.6 Å². The number of anilines is 1. The standard InChI is InChI=1S/C17H15N3O5S/c1-25-20(24)10-4-5-11-12(7-10)26-17(18-11)19-15(21)13-8-2-3-9(6-8)14(13)16(22)23/h2-5,7-9,13-14H,6H2,1H3,(H-,18,19,21,22,23,24)/p+1/t8?,9?,13-,14+/m1/s1. The molecule has 4 rings (SSSR count). The summed E-state index contributed by atoms with van der Waals surface area (Å²) in [5, 5.41) is 12.6. The van der Waals surface area contributed by atoms with Gasteiger partial charge in [0.25, 0.3) is 4.92 Å². The number of benzene rings is 1. The molecule has 2 bridgehead atoms. The first-order valence-electron chi connectivity index (χ1n) is 8.12. The van der Waals surface area contributed by atoms with Gasteiger partial charge in [0.2, 0.25) is 5.91 Å². The molecule has 0 spiro atoms. The van der Waals surface area contributed by atoms with Gasteiger partial charge < -0.3 is 10.4 Å². The number of nitrogens with one attached hydrogen (secondary N) is 1. The molecule has 2 N–H and O–H groups in total. The number of hydrogen-bond acceptors (Lipinski definition) is 6. The fourth-order valence-electron chi connectivity index (χ4n) is 3.89. The summed E-state index contributed by atoms with van der Waals surface area (Å²) in [4.78, 5) is 45.1. The fraction of sp³-hybridized carbons (Fsp3) is 0.353. The summed E-state index contributed by atoms with van der Waals surface area (Å²) in [7, 11) is 1.28. The van der Waals surface area contributed by atoms with Crippen LogP contribution in [0, 0.1) is 28.6 Å². The van der Waals surface area contributed by atoms with Gasteiger partial charge in [0.15, 0.2) is 12.2 Å². The smallest absolute Gasteiger partial charge is 0.318 e. The monoisotopic (exact) mass is 374 g/mol. The van der Waals surface area contributed by atoms with Crippen LogP contribution in [0.25, 0.3) is 10.2 Å². The number of amides is 1. The molecule has 0 aliphatic heterocycles. The lowest BCUT2D eigenvalue weighted by Crippen LogP contribution is -2.36. The van der Waals surface area contributed by atoms with Crippen molar-refractivity contribution in [3.8, 4) is 0 Å². The van der Waals surface area contributed by atoms with E-state index in [0.717, 1.165) is 4.70 Å². The van der Waals surface area contributed by atoms with E-state index in [2.05, 4.69) is 15.1 Å². The minimum Gasteiger partial charge on any atom is -0.481 e. The highest BCUT2D eigenvalue weighted by Gasteiger charge is 2.51. The quantitative estimate of drug-likeness (QED) is 0.615. The Morgan fingerprint density at radius 3 is 2.73 bits per heavy atom. The highest BCUT2D eigenvalue weighted by Crippen LogP contribution is 2.48. The number of aromatic nitrogens is 1. The fourth-order valence-corrected chi connectivity index (χ4v) is 4.79. The van der Waals surface area contributed by atoms with Crippen LogP contribution in [-0.4, -0.2) is 34.0 Å². The zero-order chi connectivity index (χ0) is 18.4.